The zero-order chi connectivity index (χ0) is 13.9. The van der Waals surface area contributed by atoms with Gasteiger partial charge in [-0.25, -0.2) is 4.98 Å². The number of fused-ring (bicyclic) bond motifs is 1. The lowest BCUT2D eigenvalue weighted by Crippen LogP contribution is -2.00. The number of nitrogens with one attached hydrogen (secondary N) is 1. The van der Waals surface area contributed by atoms with Gasteiger partial charge in [0.15, 0.2) is 5.58 Å². The molecule has 2 aromatic heterocycles. The van der Waals surface area contributed by atoms with Crippen molar-refractivity contribution in [3.8, 4) is 5.88 Å². The third kappa shape index (κ3) is 2.49. The third-order valence-corrected chi connectivity index (χ3v) is 2.86. The molecule has 0 atom stereocenters. The molecule has 0 radical (unpaired) electrons. The highest BCUT2D eigenvalue weighted by atomic mass is 16.5. The maximum absolute atomic E-state index is 5.71. The van der Waals surface area contributed by atoms with E-state index >= 15 is 0 Å². The molecule has 0 aliphatic rings. The van der Waals surface area contributed by atoms with Gasteiger partial charge in [-0.15, -0.1) is 0 Å². The van der Waals surface area contributed by atoms with E-state index in [1.165, 1.54) is 0 Å². The second kappa shape index (κ2) is 5.08. The molecule has 3 aromatic rings. The van der Waals surface area contributed by atoms with Crippen molar-refractivity contribution in [2.45, 2.75) is 6.54 Å². The largest absolute Gasteiger partial charge is 0.481 e. The summed E-state index contributed by atoms with van der Waals surface area (Å²) in [6.07, 6.45) is 1.70. The summed E-state index contributed by atoms with van der Waals surface area (Å²) in [6, 6.07) is 9.58. The lowest BCUT2D eigenvalue weighted by molar-refractivity contribution is 0.397. The van der Waals surface area contributed by atoms with Crippen LogP contribution in [0.25, 0.3) is 11.1 Å². The van der Waals surface area contributed by atoms with Crippen molar-refractivity contribution in [3.63, 3.8) is 0 Å². The summed E-state index contributed by atoms with van der Waals surface area (Å²) in [5, 5.41) is 3.12. The molecular formula is C14H14N4O2. The second-order valence-corrected chi connectivity index (χ2v) is 4.31. The van der Waals surface area contributed by atoms with Crippen LogP contribution in [0, 0.1) is 0 Å². The monoisotopic (exact) mass is 270 g/mol. The van der Waals surface area contributed by atoms with Gasteiger partial charge < -0.3 is 20.2 Å². The van der Waals surface area contributed by atoms with Crippen molar-refractivity contribution in [1.29, 1.82) is 0 Å². The Hall–Kier alpha value is -2.76. The fraction of sp³-hybridized carbons (Fsp3) is 0.143. The number of oxazole rings is 1. The topological polar surface area (TPSA) is 86.2 Å². The van der Waals surface area contributed by atoms with Gasteiger partial charge in [0.25, 0.3) is 6.01 Å². The minimum Gasteiger partial charge on any atom is -0.481 e. The standard InChI is InChI=1S/C14H14N4O2/c1-19-13-6-9(4-5-16-13)8-17-14-18-11-7-10(15)2-3-12(11)20-14/h2-7H,8,15H2,1H3,(H,17,18). The Bertz CT molecular complexity index is 739. The molecular weight excluding hydrogens is 256 g/mol. The Labute approximate surface area is 115 Å². The van der Waals surface area contributed by atoms with E-state index < -0.39 is 0 Å². The van der Waals surface area contributed by atoms with Crippen molar-refractivity contribution >= 4 is 22.8 Å². The number of nitrogens with two attached hydrogens (primary N) is 1. The molecule has 20 heavy (non-hydrogen) atoms. The molecule has 1 aromatic carbocycles. The van der Waals surface area contributed by atoms with Gasteiger partial charge in [-0.2, -0.15) is 4.98 Å². The lowest BCUT2D eigenvalue weighted by atomic mass is 10.2. The van der Waals surface area contributed by atoms with E-state index in [0.717, 1.165) is 11.1 Å². The van der Waals surface area contributed by atoms with Gasteiger partial charge in [-0.05, 0) is 29.8 Å². The molecule has 3 rings (SSSR count). The molecule has 0 amide bonds. The number of anilines is 2. The Morgan fingerprint density at radius 1 is 1.30 bits per heavy atom. The maximum atomic E-state index is 5.71. The zero-order valence-electron chi connectivity index (χ0n) is 11.0. The van der Waals surface area contributed by atoms with Crippen LogP contribution in [-0.4, -0.2) is 17.1 Å². The van der Waals surface area contributed by atoms with E-state index in [0.29, 0.717) is 29.7 Å². The number of aromatic nitrogens is 2. The Morgan fingerprint density at radius 3 is 3.05 bits per heavy atom. The van der Waals surface area contributed by atoms with Crippen LogP contribution in [0.15, 0.2) is 40.9 Å². The van der Waals surface area contributed by atoms with Gasteiger partial charge in [0, 0.05) is 24.5 Å². The number of nitrogens with zero attached hydrogens (tertiary/aromatic N) is 2. The first-order chi connectivity index (χ1) is 9.74. The number of nitrogen functional groups attached to an aromatic ring is 1. The van der Waals surface area contributed by atoms with Gasteiger partial charge in [0.05, 0.1) is 7.11 Å². The lowest BCUT2D eigenvalue weighted by Gasteiger charge is -2.03. The normalized spacial score (nSPS) is 10.7. The molecule has 0 aliphatic carbocycles. The minimum absolute atomic E-state index is 0.460. The first-order valence-electron chi connectivity index (χ1n) is 6.13. The van der Waals surface area contributed by atoms with Crippen LogP contribution in [0.1, 0.15) is 5.56 Å². The molecule has 6 heteroatoms. The molecule has 0 unspecified atom stereocenters. The summed E-state index contributed by atoms with van der Waals surface area (Å²) in [7, 11) is 1.59. The average Bonchev–Trinajstić information content (AvgIpc) is 2.87. The van der Waals surface area contributed by atoms with Crippen LogP contribution in [0.5, 0.6) is 5.88 Å². The smallest absolute Gasteiger partial charge is 0.295 e. The predicted molar refractivity (Wildman–Crippen MR) is 76.5 cm³/mol. The van der Waals surface area contributed by atoms with E-state index in [4.69, 9.17) is 14.9 Å². The number of rotatable bonds is 4. The Morgan fingerprint density at radius 2 is 2.20 bits per heavy atom. The van der Waals surface area contributed by atoms with Gasteiger partial charge in [-0.1, -0.05) is 0 Å². The molecule has 102 valence electrons. The SMILES string of the molecule is COc1cc(CNc2nc3cc(N)ccc3o2)ccn1. The highest BCUT2D eigenvalue weighted by Gasteiger charge is 2.06. The summed E-state index contributed by atoms with van der Waals surface area (Å²) >= 11 is 0. The fourth-order valence-corrected chi connectivity index (χ4v) is 1.87. The first-order valence-corrected chi connectivity index (χ1v) is 6.13. The van der Waals surface area contributed by atoms with E-state index in [2.05, 4.69) is 15.3 Å². The summed E-state index contributed by atoms with van der Waals surface area (Å²) in [6.45, 7) is 0.571. The van der Waals surface area contributed by atoms with E-state index in [9.17, 15) is 0 Å². The van der Waals surface area contributed by atoms with Gasteiger partial charge in [0.1, 0.15) is 5.52 Å². The molecule has 0 saturated heterocycles. The number of ether oxygens (including phenoxy) is 1. The van der Waals surface area contributed by atoms with Crippen molar-refractivity contribution in [2.24, 2.45) is 0 Å². The fourth-order valence-electron chi connectivity index (χ4n) is 1.87. The maximum Gasteiger partial charge on any atom is 0.295 e. The van der Waals surface area contributed by atoms with Crippen molar-refractivity contribution < 1.29 is 9.15 Å². The summed E-state index contributed by atoms with van der Waals surface area (Å²) < 4.78 is 10.7. The predicted octanol–water partition coefficient (Wildman–Crippen LogP) is 2.43. The number of benzene rings is 1. The van der Waals surface area contributed by atoms with Gasteiger partial charge >= 0.3 is 0 Å². The molecule has 0 fully saturated rings. The minimum atomic E-state index is 0.460. The molecule has 3 N–H and O–H groups in total. The summed E-state index contributed by atoms with van der Waals surface area (Å²) in [5.74, 6) is 0.578. The van der Waals surface area contributed by atoms with E-state index in [1.807, 2.05) is 12.1 Å². The molecule has 0 spiro atoms. The number of hydrogen-bond acceptors (Lipinski definition) is 6. The molecule has 6 nitrogen and oxygen atoms in total. The number of pyridine rings is 1. The number of hydrogen-bond donors (Lipinski definition) is 2. The quantitative estimate of drug-likeness (QED) is 0.708. The Kier molecular flexibility index (Phi) is 3.12. The Balaban J connectivity index is 1.76. The average molecular weight is 270 g/mol. The van der Waals surface area contributed by atoms with Crippen molar-refractivity contribution in [1.82, 2.24) is 9.97 Å². The van der Waals surface area contributed by atoms with E-state index in [-0.39, 0.29) is 0 Å². The zero-order valence-corrected chi connectivity index (χ0v) is 11.0. The molecule has 0 aliphatic heterocycles. The highest BCUT2D eigenvalue weighted by Crippen LogP contribution is 2.21. The van der Waals surface area contributed by atoms with Gasteiger partial charge in [0.2, 0.25) is 5.88 Å². The number of methoxy groups -OCH3 is 1. The van der Waals surface area contributed by atoms with Crippen LogP contribution >= 0.6 is 0 Å². The van der Waals surface area contributed by atoms with E-state index in [1.54, 1.807) is 31.5 Å². The first kappa shape index (κ1) is 12.3. The summed E-state index contributed by atoms with van der Waals surface area (Å²) in [4.78, 5) is 8.38. The highest BCUT2D eigenvalue weighted by molar-refractivity contribution is 5.78. The van der Waals surface area contributed by atoms with Crippen LogP contribution < -0.4 is 15.8 Å². The summed E-state index contributed by atoms with van der Waals surface area (Å²) in [5.41, 5.74) is 8.84. The van der Waals surface area contributed by atoms with Gasteiger partial charge in [-0.3, -0.25) is 0 Å². The van der Waals surface area contributed by atoms with Crippen LogP contribution in [-0.2, 0) is 6.54 Å². The van der Waals surface area contributed by atoms with Crippen molar-refractivity contribution in [3.05, 3.63) is 42.1 Å². The molecule has 0 bridgehead atoms. The molecule has 2 heterocycles. The van der Waals surface area contributed by atoms with Crippen LogP contribution in [0.3, 0.4) is 0 Å². The third-order valence-electron chi connectivity index (χ3n) is 2.86. The second-order valence-electron chi connectivity index (χ2n) is 4.31. The van der Waals surface area contributed by atoms with Crippen LogP contribution in [0.2, 0.25) is 0 Å². The molecule has 0 saturated carbocycles. The van der Waals surface area contributed by atoms with Crippen molar-refractivity contribution in [2.75, 3.05) is 18.2 Å². The van der Waals surface area contributed by atoms with Crippen LogP contribution in [0.4, 0.5) is 11.7 Å².